The Labute approximate surface area is 260 Å². The molecule has 2 fully saturated rings. The number of benzene rings is 4. The average Bonchev–Trinajstić information content (AvgIpc) is 3.30. The van der Waals surface area contributed by atoms with Crippen molar-refractivity contribution in [3.63, 3.8) is 0 Å². The molecular weight excluding hydrogens is 562 g/mol. The van der Waals surface area contributed by atoms with E-state index in [0.717, 1.165) is 11.0 Å². The third-order valence-corrected chi connectivity index (χ3v) is 10.8. The Morgan fingerprint density at radius 3 is 2.22 bits per heavy atom. The lowest BCUT2D eigenvalue weighted by Gasteiger charge is -2.55. The second-order valence-corrected chi connectivity index (χ2v) is 12.7. The number of imide groups is 1. The Bertz CT molecular complexity index is 1990. The van der Waals surface area contributed by atoms with E-state index in [4.69, 9.17) is 0 Å². The Hall–Kier alpha value is -5.10. The predicted octanol–water partition coefficient (Wildman–Crippen LogP) is 6.00. The van der Waals surface area contributed by atoms with Crippen molar-refractivity contribution >= 4 is 39.7 Å². The predicted molar refractivity (Wildman–Crippen MR) is 170 cm³/mol. The van der Waals surface area contributed by atoms with Crippen LogP contribution in [0.4, 0.5) is 0 Å². The van der Waals surface area contributed by atoms with Crippen LogP contribution in [-0.2, 0) is 24.6 Å². The molecule has 1 heterocycles. The molecule has 1 N–H and O–H groups in total. The second-order valence-electron chi connectivity index (χ2n) is 12.7. The Morgan fingerprint density at radius 2 is 1.47 bits per heavy atom. The van der Waals surface area contributed by atoms with E-state index in [-0.39, 0.29) is 35.6 Å². The summed E-state index contributed by atoms with van der Waals surface area (Å²) in [5.74, 6) is -3.94. The van der Waals surface area contributed by atoms with Gasteiger partial charge in [-0.15, -0.1) is 0 Å². The number of rotatable bonds is 3. The fourth-order valence-corrected chi connectivity index (χ4v) is 8.88. The number of carbonyl (C=O) groups is 4. The van der Waals surface area contributed by atoms with E-state index >= 15 is 4.79 Å². The Morgan fingerprint density at radius 1 is 0.778 bits per heavy atom. The molecule has 2 amide bonds. The van der Waals surface area contributed by atoms with Gasteiger partial charge >= 0.3 is 0 Å². The number of allylic oxidation sites excluding steroid dienone is 4. The molecule has 1 aliphatic heterocycles. The number of nitrogens with zero attached hydrogens (tertiary/aromatic N) is 1. The molecule has 3 aliphatic carbocycles. The Balaban J connectivity index is 1.45. The van der Waals surface area contributed by atoms with E-state index in [1.54, 1.807) is 0 Å². The summed E-state index contributed by atoms with van der Waals surface area (Å²) >= 11 is 0. The lowest BCUT2D eigenvalue weighted by molar-refractivity contribution is -0.139. The SMILES string of the molecule is CN1C(=O)C2CC=C3C(CC4C(=O)C(c5ccccc5)=CC(=O)C4(c4ccccc4)C3c3ccc4ccccc4c3O)C2C1=O. The zero-order valence-electron chi connectivity index (χ0n) is 24.7. The van der Waals surface area contributed by atoms with E-state index in [2.05, 4.69) is 0 Å². The monoisotopic (exact) mass is 593 g/mol. The molecule has 4 aromatic rings. The third kappa shape index (κ3) is 3.68. The summed E-state index contributed by atoms with van der Waals surface area (Å²) in [5.41, 5.74) is 1.72. The number of fused-ring (bicyclic) bond motifs is 5. The van der Waals surface area contributed by atoms with Gasteiger partial charge < -0.3 is 5.11 Å². The third-order valence-electron chi connectivity index (χ3n) is 10.8. The van der Waals surface area contributed by atoms with Crippen LogP contribution in [0.5, 0.6) is 5.75 Å². The van der Waals surface area contributed by atoms with Gasteiger partial charge in [0, 0.05) is 35.4 Å². The number of aromatic hydroxyl groups is 1. The molecule has 1 saturated heterocycles. The zero-order chi connectivity index (χ0) is 31.0. The highest BCUT2D eigenvalue weighted by atomic mass is 16.3. The van der Waals surface area contributed by atoms with Crippen molar-refractivity contribution in [2.24, 2.45) is 23.7 Å². The van der Waals surface area contributed by atoms with Crippen LogP contribution in [0, 0.1) is 23.7 Å². The molecule has 0 bridgehead atoms. The quantitative estimate of drug-likeness (QED) is 0.232. The van der Waals surface area contributed by atoms with Crippen LogP contribution in [0.25, 0.3) is 16.3 Å². The first-order valence-corrected chi connectivity index (χ1v) is 15.5. The van der Waals surface area contributed by atoms with Gasteiger partial charge in [0.2, 0.25) is 11.8 Å². The topological polar surface area (TPSA) is 91.8 Å². The fourth-order valence-electron chi connectivity index (χ4n) is 8.88. The summed E-state index contributed by atoms with van der Waals surface area (Å²) in [6.45, 7) is 0. The standard InChI is InChI=1S/C39H31NO5/c1-40-37(44)27-19-18-26-30(33(27)38(40)45)20-31-36(43)29(22-10-4-2-5-11-22)21-32(41)39(31,24-13-6-3-7-14-24)34(26)28-17-16-23-12-8-9-15-25(23)35(28)42/h2-18,21,27,30-31,33-34,42H,19-20H2,1H3. The molecule has 222 valence electrons. The van der Waals surface area contributed by atoms with Crippen LogP contribution in [0.15, 0.2) is 115 Å². The smallest absolute Gasteiger partial charge is 0.233 e. The number of hydrogen-bond donors (Lipinski definition) is 1. The van der Waals surface area contributed by atoms with E-state index < -0.39 is 35.0 Å². The summed E-state index contributed by atoms with van der Waals surface area (Å²) in [5, 5.41) is 13.5. The summed E-state index contributed by atoms with van der Waals surface area (Å²) in [7, 11) is 1.53. The average molecular weight is 594 g/mol. The lowest BCUT2D eigenvalue weighted by Crippen LogP contribution is -2.58. The second kappa shape index (κ2) is 9.96. The molecule has 0 radical (unpaired) electrons. The highest BCUT2D eigenvalue weighted by Gasteiger charge is 2.66. The van der Waals surface area contributed by atoms with Crippen molar-refractivity contribution < 1.29 is 24.3 Å². The van der Waals surface area contributed by atoms with Gasteiger partial charge in [-0.1, -0.05) is 109 Å². The minimum absolute atomic E-state index is 0.0554. The normalized spacial score (nSPS) is 29.2. The highest BCUT2D eigenvalue weighted by molar-refractivity contribution is 6.31. The van der Waals surface area contributed by atoms with Crippen LogP contribution >= 0.6 is 0 Å². The van der Waals surface area contributed by atoms with Gasteiger partial charge in [0.05, 0.1) is 17.3 Å². The molecule has 6 unspecified atom stereocenters. The molecule has 1 saturated carbocycles. The molecule has 0 aromatic heterocycles. The summed E-state index contributed by atoms with van der Waals surface area (Å²) in [4.78, 5) is 58.0. The first kappa shape index (κ1) is 27.4. The number of likely N-dealkylation sites (tertiary alicyclic amines) is 1. The molecular formula is C39H31NO5. The van der Waals surface area contributed by atoms with Gasteiger partial charge in [0.1, 0.15) is 5.75 Å². The number of carbonyl (C=O) groups excluding carboxylic acids is 4. The molecule has 4 aromatic carbocycles. The van der Waals surface area contributed by atoms with Gasteiger partial charge in [0.15, 0.2) is 11.6 Å². The van der Waals surface area contributed by atoms with Gasteiger partial charge in [-0.2, -0.15) is 0 Å². The maximum Gasteiger partial charge on any atom is 0.233 e. The fraction of sp³-hybridized carbons (Fsp3) is 0.231. The molecule has 8 rings (SSSR count). The van der Waals surface area contributed by atoms with Gasteiger partial charge in [0.25, 0.3) is 0 Å². The van der Waals surface area contributed by atoms with Crippen LogP contribution in [0.2, 0.25) is 0 Å². The van der Waals surface area contributed by atoms with Crippen molar-refractivity contribution in [2.45, 2.75) is 24.2 Å². The molecule has 0 spiro atoms. The van der Waals surface area contributed by atoms with Crippen molar-refractivity contribution in [1.29, 1.82) is 0 Å². The minimum Gasteiger partial charge on any atom is -0.507 e. The summed E-state index contributed by atoms with van der Waals surface area (Å²) in [6, 6.07) is 30.0. The number of hydrogen-bond acceptors (Lipinski definition) is 5. The molecule has 45 heavy (non-hydrogen) atoms. The first-order chi connectivity index (χ1) is 21.8. The molecule has 6 nitrogen and oxygen atoms in total. The van der Waals surface area contributed by atoms with Crippen molar-refractivity contribution in [3.8, 4) is 5.75 Å². The number of phenolic OH excluding ortho intramolecular Hbond substituents is 1. The molecule has 6 atom stereocenters. The van der Waals surface area contributed by atoms with E-state index in [1.807, 2.05) is 103 Å². The largest absolute Gasteiger partial charge is 0.507 e. The number of Topliss-reactive ketones (excluding diaryl/α,β-unsaturated/α-hetero) is 1. The number of amides is 2. The molecule has 6 heteroatoms. The summed E-state index contributed by atoms with van der Waals surface area (Å²) in [6.07, 6.45) is 4.12. The van der Waals surface area contributed by atoms with Crippen LogP contribution in [-0.4, -0.2) is 40.4 Å². The van der Waals surface area contributed by atoms with Crippen LogP contribution in [0.3, 0.4) is 0 Å². The minimum atomic E-state index is -1.37. The van der Waals surface area contributed by atoms with E-state index in [9.17, 15) is 19.5 Å². The lowest BCUT2D eigenvalue weighted by atomic mass is 9.44. The van der Waals surface area contributed by atoms with Crippen molar-refractivity contribution in [3.05, 3.63) is 131 Å². The van der Waals surface area contributed by atoms with Gasteiger partial charge in [-0.05, 0) is 41.3 Å². The van der Waals surface area contributed by atoms with Gasteiger partial charge in [-0.25, -0.2) is 0 Å². The maximum atomic E-state index is 15.0. The summed E-state index contributed by atoms with van der Waals surface area (Å²) < 4.78 is 0. The maximum absolute atomic E-state index is 15.0. The Kier molecular flexibility index (Phi) is 6.08. The zero-order valence-corrected chi connectivity index (χ0v) is 24.7. The molecule has 4 aliphatic rings. The van der Waals surface area contributed by atoms with Crippen LogP contribution < -0.4 is 0 Å². The van der Waals surface area contributed by atoms with E-state index in [0.29, 0.717) is 34.1 Å². The van der Waals surface area contributed by atoms with E-state index in [1.165, 1.54) is 18.0 Å². The van der Waals surface area contributed by atoms with Gasteiger partial charge in [-0.3, -0.25) is 24.1 Å². The highest BCUT2D eigenvalue weighted by Crippen LogP contribution is 2.64. The van der Waals surface area contributed by atoms with Crippen molar-refractivity contribution in [2.75, 3.05) is 7.05 Å². The first-order valence-electron chi connectivity index (χ1n) is 15.5. The number of phenols is 1. The van der Waals surface area contributed by atoms with Crippen LogP contribution in [0.1, 0.15) is 35.4 Å². The number of ketones is 2. The van der Waals surface area contributed by atoms with Crippen molar-refractivity contribution in [1.82, 2.24) is 4.90 Å².